The molecular weight excluding hydrogens is 339 g/mol. The molecular formula is C19H33O5P. The molecule has 0 unspecified atom stereocenters. The van der Waals surface area contributed by atoms with E-state index in [0.717, 1.165) is 16.7 Å². The molecule has 0 bridgehead atoms. The second-order valence-corrected chi connectivity index (χ2v) is 9.72. The van der Waals surface area contributed by atoms with E-state index in [0.29, 0.717) is 0 Å². The maximum Gasteiger partial charge on any atom is 0.475 e. The Morgan fingerprint density at radius 2 is 1.36 bits per heavy atom. The van der Waals surface area contributed by atoms with E-state index in [1.54, 1.807) is 19.9 Å². The van der Waals surface area contributed by atoms with Crippen molar-refractivity contribution in [1.82, 2.24) is 0 Å². The van der Waals surface area contributed by atoms with E-state index in [1.807, 2.05) is 6.07 Å². The smallest absolute Gasteiger partial charge is 0.475 e. The number of phenolic OH excluding ortho intramolecular Hbond substituents is 1. The Balaban J connectivity index is 3.35. The van der Waals surface area contributed by atoms with Crippen molar-refractivity contribution in [1.29, 1.82) is 0 Å². The molecule has 6 heteroatoms. The van der Waals surface area contributed by atoms with Gasteiger partial charge >= 0.3 is 7.82 Å². The number of phosphoric acid groups is 1. The van der Waals surface area contributed by atoms with Crippen molar-refractivity contribution in [3.05, 3.63) is 28.8 Å². The fourth-order valence-electron chi connectivity index (χ4n) is 2.95. The van der Waals surface area contributed by atoms with Crippen LogP contribution in [0.25, 0.3) is 0 Å². The maximum absolute atomic E-state index is 12.6. The van der Waals surface area contributed by atoms with Crippen LogP contribution >= 0.6 is 7.82 Å². The van der Waals surface area contributed by atoms with Crippen LogP contribution in [-0.4, -0.2) is 18.3 Å². The molecule has 0 saturated carbocycles. The Hall–Kier alpha value is -0.870. The van der Waals surface area contributed by atoms with Crippen LogP contribution < -0.4 is 0 Å². The number of benzene rings is 1. The van der Waals surface area contributed by atoms with E-state index in [2.05, 4.69) is 41.5 Å². The van der Waals surface area contributed by atoms with Gasteiger partial charge in [0.1, 0.15) is 5.75 Å². The predicted molar refractivity (Wildman–Crippen MR) is 101 cm³/mol. The molecule has 5 nitrogen and oxygen atoms in total. The first-order valence-corrected chi connectivity index (χ1v) is 10.2. The van der Waals surface area contributed by atoms with Crippen LogP contribution in [0.5, 0.6) is 5.75 Å². The zero-order valence-corrected chi connectivity index (χ0v) is 17.7. The van der Waals surface area contributed by atoms with Crippen LogP contribution in [0.1, 0.15) is 72.1 Å². The maximum atomic E-state index is 12.6. The lowest BCUT2D eigenvalue weighted by Crippen LogP contribution is -2.24. The zero-order valence-electron chi connectivity index (χ0n) is 16.8. The van der Waals surface area contributed by atoms with Crippen LogP contribution in [0, 0.1) is 0 Å². The summed E-state index contributed by atoms with van der Waals surface area (Å²) >= 11 is 0. The molecule has 1 rings (SSSR count). The lowest BCUT2D eigenvalue weighted by atomic mass is 9.73. The van der Waals surface area contributed by atoms with Gasteiger partial charge in [0.15, 0.2) is 0 Å². The zero-order chi connectivity index (χ0) is 19.5. The first kappa shape index (κ1) is 22.2. The Bertz CT molecular complexity index is 616. The average molecular weight is 372 g/mol. The first-order chi connectivity index (χ1) is 11.4. The highest BCUT2D eigenvalue weighted by molar-refractivity contribution is 7.48. The molecule has 0 radical (unpaired) electrons. The molecule has 1 N–H and O–H groups in total. The van der Waals surface area contributed by atoms with E-state index in [4.69, 9.17) is 13.6 Å². The van der Waals surface area contributed by atoms with Crippen molar-refractivity contribution >= 4 is 7.82 Å². The van der Waals surface area contributed by atoms with Gasteiger partial charge < -0.3 is 5.11 Å². The fraction of sp³-hybridized carbons (Fsp3) is 0.684. The third kappa shape index (κ3) is 5.82. The van der Waals surface area contributed by atoms with Crippen molar-refractivity contribution in [2.24, 2.45) is 0 Å². The van der Waals surface area contributed by atoms with E-state index in [9.17, 15) is 9.67 Å². The predicted octanol–water partition coefficient (Wildman–Crippen LogP) is 5.68. The summed E-state index contributed by atoms with van der Waals surface area (Å²) in [6.07, 6.45) is 0. The Labute approximate surface area is 152 Å². The largest absolute Gasteiger partial charge is 0.508 e. The van der Waals surface area contributed by atoms with E-state index >= 15 is 0 Å². The molecule has 0 amide bonds. The molecule has 0 spiro atoms. The molecule has 0 saturated heterocycles. The molecule has 0 aromatic heterocycles. The molecule has 0 fully saturated rings. The number of phosphoric ester groups is 1. The summed E-state index contributed by atoms with van der Waals surface area (Å²) in [5.41, 5.74) is 2.28. The highest BCUT2D eigenvalue weighted by atomic mass is 31.2. The minimum atomic E-state index is -3.59. The third-order valence-electron chi connectivity index (χ3n) is 3.72. The van der Waals surface area contributed by atoms with Gasteiger partial charge in [-0.15, -0.1) is 0 Å². The minimum Gasteiger partial charge on any atom is -0.508 e. The van der Waals surface area contributed by atoms with Crippen LogP contribution in [0.3, 0.4) is 0 Å². The summed E-state index contributed by atoms with van der Waals surface area (Å²) in [7, 11) is -3.59. The van der Waals surface area contributed by atoms with Crippen LogP contribution in [-0.2, 0) is 35.6 Å². The lowest BCUT2D eigenvalue weighted by molar-refractivity contribution is 0.115. The third-order valence-corrected chi connectivity index (χ3v) is 5.32. The molecule has 25 heavy (non-hydrogen) atoms. The molecule has 0 aliphatic rings. The second-order valence-electron chi connectivity index (χ2n) is 8.05. The van der Waals surface area contributed by atoms with Gasteiger partial charge in [-0.25, -0.2) is 4.57 Å². The Morgan fingerprint density at radius 3 is 1.76 bits per heavy atom. The Morgan fingerprint density at radius 1 is 0.880 bits per heavy atom. The van der Waals surface area contributed by atoms with Crippen molar-refractivity contribution in [3.63, 3.8) is 0 Å². The van der Waals surface area contributed by atoms with Gasteiger partial charge in [0.25, 0.3) is 0 Å². The van der Waals surface area contributed by atoms with Gasteiger partial charge in [-0.05, 0) is 41.9 Å². The van der Waals surface area contributed by atoms with E-state index in [1.165, 1.54) is 0 Å². The molecule has 144 valence electrons. The van der Waals surface area contributed by atoms with Crippen molar-refractivity contribution < 1.29 is 23.2 Å². The van der Waals surface area contributed by atoms with Gasteiger partial charge in [0, 0.05) is 5.56 Å². The summed E-state index contributed by atoms with van der Waals surface area (Å²) in [6.45, 7) is 16.5. The van der Waals surface area contributed by atoms with Crippen LogP contribution in [0.2, 0.25) is 0 Å². The van der Waals surface area contributed by atoms with E-state index in [-0.39, 0.29) is 36.4 Å². The molecule has 0 heterocycles. The molecule has 0 aliphatic heterocycles. The number of rotatable bonds is 7. The standard InChI is InChI=1S/C19H33O5P/c1-9-22-25(21,23-10-2)24-13-14-11-12-15(20)17(19(6,7)8)16(14)18(3,4)5/h11-12,20H,9-10,13H2,1-8H3. The normalized spacial score (nSPS) is 13.3. The number of hydrogen-bond acceptors (Lipinski definition) is 5. The van der Waals surface area contributed by atoms with Gasteiger partial charge in [-0.1, -0.05) is 47.6 Å². The number of hydrogen-bond donors (Lipinski definition) is 1. The van der Waals surface area contributed by atoms with Gasteiger partial charge in [-0.3, -0.25) is 13.6 Å². The molecule has 0 aliphatic carbocycles. The first-order valence-electron chi connectivity index (χ1n) is 8.75. The topological polar surface area (TPSA) is 65.0 Å². The molecule has 1 aromatic rings. The van der Waals surface area contributed by atoms with Crippen LogP contribution in [0.15, 0.2) is 12.1 Å². The summed E-state index contributed by atoms with van der Waals surface area (Å²) in [5, 5.41) is 10.5. The molecule has 1 aromatic carbocycles. The van der Waals surface area contributed by atoms with Crippen molar-refractivity contribution in [3.8, 4) is 5.75 Å². The van der Waals surface area contributed by atoms with Crippen molar-refractivity contribution in [2.45, 2.75) is 72.8 Å². The number of phenols is 1. The lowest BCUT2D eigenvalue weighted by Gasteiger charge is -2.33. The van der Waals surface area contributed by atoms with Gasteiger partial charge in [0.2, 0.25) is 0 Å². The highest BCUT2D eigenvalue weighted by Crippen LogP contribution is 2.51. The van der Waals surface area contributed by atoms with E-state index < -0.39 is 7.82 Å². The van der Waals surface area contributed by atoms with Crippen LogP contribution in [0.4, 0.5) is 0 Å². The van der Waals surface area contributed by atoms with Gasteiger partial charge in [0.05, 0.1) is 19.8 Å². The Kier molecular flexibility index (Phi) is 7.29. The minimum absolute atomic E-state index is 0.0905. The van der Waals surface area contributed by atoms with Crippen molar-refractivity contribution in [2.75, 3.05) is 13.2 Å². The SMILES string of the molecule is CCOP(=O)(OCC)OCc1ccc(O)c(C(C)(C)C)c1C(C)(C)C. The quantitative estimate of drug-likeness (QED) is 0.623. The second kappa shape index (κ2) is 8.22. The van der Waals surface area contributed by atoms with Gasteiger partial charge in [-0.2, -0.15) is 0 Å². The average Bonchev–Trinajstić information content (AvgIpc) is 2.44. The molecule has 0 atom stereocenters. The number of aromatic hydroxyl groups is 1. The highest BCUT2D eigenvalue weighted by Gasteiger charge is 2.32. The summed E-state index contributed by atoms with van der Waals surface area (Å²) in [6, 6.07) is 3.48. The fourth-order valence-corrected chi connectivity index (χ4v) is 4.10. The summed E-state index contributed by atoms with van der Waals surface area (Å²) in [5.74, 6) is 0.263. The summed E-state index contributed by atoms with van der Waals surface area (Å²) < 4.78 is 28.5. The summed E-state index contributed by atoms with van der Waals surface area (Å²) in [4.78, 5) is 0. The monoisotopic (exact) mass is 372 g/mol.